The van der Waals surface area contributed by atoms with Crippen molar-refractivity contribution in [3.05, 3.63) is 0 Å². The van der Waals surface area contributed by atoms with Gasteiger partial charge in [-0.2, -0.15) is 0 Å². The van der Waals surface area contributed by atoms with Crippen LogP contribution in [0.15, 0.2) is 0 Å². The minimum atomic E-state index is -0.854. The molecule has 0 radical (unpaired) electrons. The Hall–Kier alpha value is -0.0800. The van der Waals surface area contributed by atoms with E-state index in [0.717, 1.165) is 37.0 Å². The van der Waals surface area contributed by atoms with Crippen LogP contribution in [0.3, 0.4) is 0 Å². The second kappa shape index (κ2) is 5.21. The molecule has 2 N–H and O–H groups in total. The molecule has 0 unspecified atom stereocenters. The summed E-state index contributed by atoms with van der Waals surface area (Å²) in [6, 6.07) is 0. The first kappa shape index (κ1) is 16.4. The monoisotopic (exact) mass is 320 g/mol. The first-order valence-corrected chi connectivity index (χ1v) is 10.2. The molecule has 2 nitrogen and oxygen atoms in total. The minimum Gasteiger partial charge on any atom is -0.390 e. The summed E-state index contributed by atoms with van der Waals surface area (Å²) in [6.45, 7) is 6.70. The zero-order chi connectivity index (χ0) is 16.5. The van der Waals surface area contributed by atoms with E-state index in [1.54, 1.807) is 6.92 Å². The molecule has 23 heavy (non-hydrogen) atoms. The Morgan fingerprint density at radius 2 is 1.61 bits per heavy atom. The van der Waals surface area contributed by atoms with Crippen molar-refractivity contribution >= 4 is 0 Å². The average molecular weight is 321 g/mol. The van der Waals surface area contributed by atoms with Gasteiger partial charge in [-0.15, -0.1) is 0 Å². The lowest BCUT2D eigenvalue weighted by Crippen LogP contribution is -2.58. The summed E-state index contributed by atoms with van der Waals surface area (Å²) in [5, 5.41) is 21.6. The van der Waals surface area contributed by atoms with E-state index >= 15 is 0 Å². The van der Waals surface area contributed by atoms with E-state index in [4.69, 9.17) is 0 Å². The first-order valence-electron chi connectivity index (χ1n) is 10.2. The van der Waals surface area contributed by atoms with Crippen LogP contribution in [0.5, 0.6) is 0 Å². The summed E-state index contributed by atoms with van der Waals surface area (Å²) < 4.78 is 0. The zero-order valence-electron chi connectivity index (χ0n) is 15.4. The Morgan fingerprint density at radius 3 is 2.35 bits per heavy atom. The molecule has 4 rings (SSSR count). The number of rotatable bonds is 1. The van der Waals surface area contributed by atoms with Crippen molar-refractivity contribution < 1.29 is 10.2 Å². The summed E-state index contributed by atoms with van der Waals surface area (Å²) in [7, 11) is 0. The molecule has 0 saturated heterocycles. The molecule has 0 bridgehead atoms. The standard InChI is InChI=1S/C21H36O2/c1-14(22)21(23)13-10-18-16-8-7-15-6-4-5-11-19(15,2)17(16)9-12-20(18,21)3/h14-18,22-23H,4-13H2,1-3H3/t14-,15+,16+,17-,18+,19-,20-,21-/m0/s1. The Bertz CT molecular complexity index is 474. The first-order chi connectivity index (χ1) is 10.8. The van der Waals surface area contributed by atoms with Crippen LogP contribution < -0.4 is 0 Å². The number of aliphatic hydroxyl groups is 2. The van der Waals surface area contributed by atoms with Gasteiger partial charge in [-0.05, 0) is 87.4 Å². The molecule has 0 aromatic carbocycles. The predicted octanol–water partition coefficient (Wildman–Crippen LogP) is 4.53. The fraction of sp³-hybridized carbons (Fsp3) is 1.00. The Labute approximate surface area is 142 Å². The predicted molar refractivity (Wildman–Crippen MR) is 93.0 cm³/mol. The fourth-order valence-electron chi connectivity index (χ4n) is 8.03. The quantitative estimate of drug-likeness (QED) is 0.745. The molecule has 4 fully saturated rings. The van der Waals surface area contributed by atoms with Crippen LogP contribution in [-0.4, -0.2) is 21.9 Å². The molecule has 0 aliphatic heterocycles. The SMILES string of the molecule is C[C@H](O)[C@@]1(O)CC[C@@H]2[C@@H]3CC[C@H]4CCCC[C@]4(C)[C@H]3CC[C@@]21C. The third-order valence-corrected chi connectivity index (χ3v) is 9.49. The molecule has 0 heterocycles. The highest BCUT2D eigenvalue weighted by atomic mass is 16.3. The maximum atomic E-state index is 11.3. The highest BCUT2D eigenvalue weighted by Crippen LogP contribution is 2.68. The lowest BCUT2D eigenvalue weighted by molar-refractivity contribution is -0.183. The molecular weight excluding hydrogens is 284 g/mol. The van der Waals surface area contributed by atoms with Gasteiger partial charge in [0.1, 0.15) is 0 Å². The fourth-order valence-corrected chi connectivity index (χ4v) is 8.03. The highest BCUT2D eigenvalue weighted by Gasteiger charge is 2.65. The third kappa shape index (κ3) is 2.00. The van der Waals surface area contributed by atoms with Crippen molar-refractivity contribution in [1.29, 1.82) is 0 Å². The molecule has 8 atom stereocenters. The number of aliphatic hydroxyl groups excluding tert-OH is 1. The molecule has 4 aliphatic carbocycles. The van der Waals surface area contributed by atoms with Crippen molar-refractivity contribution in [2.45, 2.75) is 96.7 Å². The van der Waals surface area contributed by atoms with E-state index in [9.17, 15) is 10.2 Å². The molecule has 0 spiro atoms. The summed E-state index contributed by atoms with van der Waals surface area (Å²) in [5.41, 5.74) is -0.360. The number of hydrogen-bond acceptors (Lipinski definition) is 2. The average Bonchev–Trinajstić information content (AvgIpc) is 2.80. The molecule has 132 valence electrons. The minimum absolute atomic E-state index is 0.0692. The van der Waals surface area contributed by atoms with Gasteiger partial charge in [-0.25, -0.2) is 0 Å². The van der Waals surface area contributed by atoms with E-state index in [2.05, 4.69) is 13.8 Å². The topological polar surface area (TPSA) is 40.5 Å². The van der Waals surface area contributed by atoms with Crippen LogP contribution in [0.4, 0.5) is 0 Å². The summed E-state index contributed by atoms with van der Waals surface area (Å²) in [5.74, 6) is 3.25. The van der Waals surface area contributed by atoms with Gasteiger partial charge in [-0.1, -0.05) is 26.7 Å². The van der Waals surface area contributed by atoms with Crippen LogP contribution in [-0.2, 0) is 0 Å². The van der Waals surface area contributed by atoms with Crippen LogP contribution in [0.1, 0.15) is 85.0 Å². The van der Waals surface area contributed by atoms with Crippen molar-refractivity contribution in [3.8, 4) is 0 Å². The second-order valence-electron chi connectivity index (χ2n) is 10.00. The maximum absolute atomic E-state index is 11.3. The van der Waals surface area contributed by atoms with Crippen molar-refractivity contribution in [1.82, 2.24) is 0 Å². The largest absolute Gasteiger partial charge is 0.390 e. The van der Waals surface area contributed by atoms with Gasteiger partial charge in [0, 0.05) is 5.41 Å². The van der Waals surface area contributed by atoms with E-state index in [-0.39, 0.29) is 5.41 Å². The highest BCUT2D eigenvalue weighted by molar-refractivity contribution is 5.15. The normalized spacial score (nSPS) is 57.3. The summed E-state index contributed by atoms with van der Waals surface area (Å²) >= 11 is 0. The molecule has 0 amide bonds. The molecule has 0 aromatic heterocycles. The van der Waals surface area contributed by atoms with Gasteiger partial charge in [0.25, 0.3) is 0 Å². The van der Waals surface area contributed by atoms with Gasteiger partial charge in [0.2, 0.25) is 0 Å². The molecule has 4 saturated carbocycles. The van der Waals surface area contributed by atoms with Crippen LogP contribution in [0.2, 0.25) is 0 Å². The molecular formula is C21H36O2. The summed E-state index contributed by atoms with van der Waals surface area (Å²) in [4.78, 5) is 0. The van der Waals surface area contributed by atoms with Crippen LogP contribution in [0, 0.1) is 34.5 Å². The van der Waals surface area contributed by atoms with Crippen molar-refractivity contribution in [2.75, 3.05) is 0 Å². The lowest BCUT2D eigenvalue weighted by atomic mass is 9.44. The number of hydrogen-bond donors (Lipinski definition) is 2. The van der Waals surface area contributed by atoms with Crippen LogP contribution in [0.25, 0.3) is 0 Å². The Balaban J connectivity index is 1.65. The van der Waals surface area contributed by atoms with Gasteiger partial charge >= 0.3 is 0 Å². The zero-order valence-corrected chi connectivity index (χ0v) is 15.4. The Morgan fingerprint density at radius 1 is 0.870 bits per heavy atom. The van der Waals surface area contributed by atoms with E-state index in [1.165, 1.54) is 44.9 Å². The van der Waals surface area contributed by atoms with Gasteiger partial charge in [0.05, 0.1) is 11.7 Å². The van der Waals surface area contributed by atoms with E-state index in [1.807, 2.05) is 0 Å². The van der Waals surface area contributed by atoms with Crippen molar-refractivity contribution in [2.24, 2.45) is 34.5 Å². The maximum Gasteiger partial charge on any atom is 0.0958 e. The van der Waals surface area contributed by atoms with Crippen LogP contribution >= 0.6 is 0 Å². The second-order valence-corrected chi connectivity index (χ2v) is 10.00. The van der Waals surface area contributed by atoms with Gasteiger partial charge in [0.15, 0.2) is 0 Å². The van der Waals surface area contributed by atoms with E-state index in [0.29, 0.717) is 11.3 Å². The molecule has 0 aromatic rings. The van der Waals surface area contributed by atoms with E-state index < -0.39 is 11.7 Å². The summed E-state index contributed by atoms with van der Waals surface area (Å²) in [6.07, 6.45) is 12.3. The molecule has 2 heteroatoms. The van der Waals surface area contributed by atoms with Crippen molar-refractivity contribution in [3.63, 3.8) is 0 Å². The third-order valence-electron chi connectivity index (χ3n) is 9.49. The van der Waals surface area contributed by atoms with Gasteiger partial charge < -0.3 is 10.2 Å². The smallest absolute Gasteiger partial charge is 0.0958 e. The number of fused-ring (bicyclic) bond motifs is 5. The molecule has 4 aliphatic rings. The van der Waals surface area contributed by atoms with Gasteiger partial charge in [-0.3, -0.25) is 0 Å². The Kier molecular flexibility index (Phi) is 3.71. The lowest BCUT2D eigenvalue weighted by Gasteiger charge is -2.61.